The number of nitrogens with zero attached hydrogens (tertiary/aromatic N) is 6. The SMILES string of the molecule is [2H]c1c([2H])c([2H])c(-c2cccc(-c3c([2H])c([2H])c([2H])c([2H])c3[2H])c2-[n+]2[c-]n(-c3cc4cc(c3)-c3ccccc3-c3ccc5c(c3)c3ccccc3n5-c3ccc5c(c3)c3ccccc3n5-c3cccc(c3)-c3ccccc3-c3ccc5c6ccc(cc6n(-c6cc(C(C)(C)C)ccn6)c5c3)O4)c3ccccc32)c([2H])c1[2H]. The Morgan fingerprint density at radius 1 is 0.347 bits per heavy atom. The molecular formula is C94H64N6O. The molecule has 3 aliphatic rings. The van der Waals surface area contributed by atoms with Gasteiger partial charge in [0.25, 0.3) is 6.33 Å². The summed E-state index contributed by atoms with van der Waals surface area (Å²) in [6.45, 7) is 6.62. The molecule has 14 aromatic carbocycles. The molecule has 22 rings (SSSR count). The predicted octanol–water partition coefficient (Wildman–Crippen LogP) is 23.8. The molecule has 0 fully saturated rings. The van der Waals surface area contributed by atoms with E-state index in [1.807, 2.05) is 59.3 Å². The maximum atomic E-state index is 9.40. The summed E-state index contributed by atoms with van der Waals surface area (Å²) in [7, 11) is 0. The molecule has 19 aromatic rings. The van der Waals surface area contributed by atoms with Crippen LogP contribution in [0.3, 0.4) is 0 Å². The minimum absolute atomic E-state index is 0.131. The number of para-hydroxylation sites is 5. The van der Waals surface area contributed by atoms with Gasteiger partial charge < -0.3 is 13.9 Å². The first-order valence-corrected chi connectivity index (χ1v) is 33.8. The monoisotopic (exact) mass is 1300 g/mol. The third-order valence-electron chi connectivity index (χ3n) is 20.1. The predicted molar refractivity (Wildman–Crippen MR) is 416 cm³/mol. The largest absolute Gasteiger partial charge is 0.458 e. The van der Waals surface area contributed by atoms with Gasteiger partial charge in [-0.05, 0) is 181 Å². The Balaban J connectivity index is 0.863. The molecule has 0 atom stereocenters. The summed E-state index contributed by atoms with van der Waals surface area (Å²) in [5.74, 6) is 1.73. The van der Waals surface area contributed by atoms with Crippen LogP contribution >= 0.6 is 0 Å². The summed E-state index contributed by atoms with van der Waals surface area (Å²) >= 11 is 0. The first-order valence-electron chi connectivity index (χ1n) is 38.8. The lowest BCUT2D eigenvalue weighted by molar-refractivity contribution is -0.571. The van der Waals surface area contributed by atoms with E-state index in [4.69, 9.17) is 17.9 Å². The minimum Gasteiger partial charge on any atom is -0.458 e. The molecule has 5 aromatic heterocycles. The summed E-state index contributed by atoms with van der Waals surface area (Å²) in [5.41, 5.74) is 18.7. The summed E-state index contributed by atoms with van der Waals surface area (Å²) in [5, 5.41) is 6.43. The second-order valence-corrected chi connectivity index (χ2v) is 27.0. The highest BCUT2D eigenvalue weighted by atomic mass is 16.5. The van der Waals surface area contributed by atoms with Crippen molar-refractivity contribution in [3.8, 4) is 107 Å². The molecule has 0 spiro atoms. The highest BCUT2D eigenvalue weighted by Gasteiger charge is 2.25. The molecule has 101 heavy (non-hydrogen) atoms. The fourth-order valence-corrected chi connectivity index (χ4v) is 15.5. The Bertz CT molecular complexity index is 7120. The van der Waals surface area contributed by atoms with Gasteiger partial charge in [0, 0.05) is 56.0 Å². The van der Waals surface area contributed by atoms with Gasteiger partial charge in [0.05, 0.1) is 69.2 Å². The van der Waals surface area contributed by atoms with Gasteiger partial charge in [0.2, 0.25) is 0 Å². The van der Waals surface area contributed by atoms with Crippen LogP contribution in [0.25, 0.3) is 172 Å². The minimum atomic E-state index is -0.585. The van der Waals surface area contributed by atoms with E-state index in [-0.39, 0.29) is 33.4 Å². The maximum Gasteiger partial charge on any atom is 0.269 e. The third-order valence-corrected chi connectivity index (χ3v) is 20.1. The average molecular weight is 1300 g/mol. The fourth-order valence-electron chi connectivity index (χ4n) is 15.5. The summed E-state index contributed by atoms with van der Waals surface area (Å²) in [6, 6.07) is 86.9. The number of pyridine rings is 1. The molecule has 0 N–H and O–H groups in total. The van der Waals surface area contributed by atoms with E-state index < -0.39 is 60.4 Å². The van der Waals surface area contributed by atoms with Crippen LogP contribution in [0.5, 0.6) is 11.5 Å². The van der Waals surface area contributed by atoms with Crippen LogP contribution in [-0.4, -0.2) is 23.3 Å². The van der Waals surface area contributed by atoms with Crippen molar-refractivity contribution in [2.75, 3.05) is 0 Å². The second-order valence-electron chi connectivity index (χ2n) is 27.0. The molecular weight excluding hydrogens is 1230 g/mol. The molecule has 16 bridgehead atoms. The number of benzene rings is 14. The Kier molecular flexibility index (Phi) is 10.9. The Morgan fingerprint density at radius 3 is 1.54 bits per heavy atom. The first-order chi connectivity index (χ1) is 53.8. The van der Waals surface area contributed by atoms with Crippen molar-refractivity contribution in [2.45, 2.75) is 26.2 Å². The van der Waals surface area contributed by atoms with E-state index in [2.05, 4.69) is 241 Å². The number of imidazole rings is 1. The van der Waals surface area contributed by atoms with E-state index >= 15 is 0 Å². The van der Waals surface area contributed by atoms with Gasteiger partial charge in [-0.15, -0.1) is 0 Å². The molecule has 0 saturated heterocycles. The van der Waals surface area contributed by atoms with Crippen molar-refractivity contribution in [3.05, 3.63) is 345 Å². The zero-order valence-electron chi connectivity index (χ0n) is 65.1. The van der Waals surface area contributed by atoms with Gasteiger partial charge in [-0.25, -0.2) is 4.98 Å². The van der Waals surface area contributed by atoms with Crippen LogP contribution < -0.4 is 9.30 Å². The molecule has 7 heteroatoms. The van der Waals surface area contributed by atoms with Crippen LogP contribution in [-0.2, 0) is 5.41 Å². The van der Waals surface area contributed by atoms with Gasteiger partial charge in [-0.2, -0.15) is 0 Å². The smallest absolute Gasteiger partial charge is 0.269 e. The normalized spacial score (nSPS) is 13.6. The molecule has 476 valence electrons. The van der Waals surface area contributed by atoms with Crippen molar-refractivity contribution < 1.29 is 23.0 Å². The third kappa shape index (κ3) is 9.42. The number of ether oxygens (including phenoxy) is 1. The van der Waals surface area contributed by atoms with Crippen molar-refractivity contribution in [1.29, 1.82) is 0 Å². The summed E-state index contributed by atoms with van der Waals surface area (Å²) in [6.07, 6.45) is 5.54. The van der Waals surface area contributed by atoms with Crippen molar-refractivity contribution in [3.63, 3.8) is 0 Å². The van der Waals surface area contributed by atoms with Gasteiger partial charge in [-0.1, -0.05) is 239 Å². The van der Waals surface area contributed by atoms with Crippen LogP contribution in [0.2, 0.25) is 0 Å². The number of rotatable bonds is 5. The van der Waals surface area contributed by atoms with E-state index in [9.17, 15) is 5.48 Å². The quantitative estimate of drug-likeness (QED) is 0.127. The van der Waals surface area contributed by atoms with Crippen LogP contribution in [0.4, 0.5) is 0 Å². The average Bonchev–Trinajstić information content (AvgIpc) is 1.64. The van der Waals surface area contributed by atoms with Crippen LogP contribution in [0.15, 0.2) is 334 Å². The lowest BCUT2D eigenvalue weighted by atomic mass is 9.88. The maximum absolute atomic E-state index is 9.40. The molecule has 0 amide bonds. The second kappa shape index (κ2) is 22.7. The van der Waals surface area contributed by atoms with E-state index in [0.717, 1.165) is 133 Å². The molecule has 3 aliphatic heterocycles. The van der Waals surface area contributed by atoms with Gasteiger partial charge in [0.1, 0.15) is 17.3 Å². The summed E-state index contributed by atoms with van der Waals surface area (Å²) < 4.78 is 109. The first kappa shape index (κ1) is 48.6. The molecule has 0 saturated carbocycles. The summed E-state index contributed by atoms with van der Waals surface area (Å²) in [4.78, 5) is 5.17. The lowest BCUT2D eigenvalue weighted by Crippen LogP contribution is -2.31. The number of aromatic nitrogens is 6. The standard InChI is InChI=1S/C94H64N6O/c1-94(2,3)66-48-49-95-92(55-66)100-90-54-64-40-44-80(90)81-45-43-70(58-91(81)100)101-71-52-65(51-69(56-71)96-59-97(89-39-19-18-38-88(89)96)93-76(60-22-6-4-7-23-60)34-21-35-77(93)61-24-8-5-9-25-61)75-31-13-12-29-73(75)63-41-46-86-82(53-63)78-32-14-16-36-84(78)99(86)68-42-47-87-83(57-68)79-33-15-17-37-85(79)98(87)67-27-20-26-62(50-67)72-28-10-11-30-74(64)72/h4-58H,1-3H3/i4D,5D,6D,7D,8D,9D,22D,23D,24D,25D. The van der Waals surface area contributed by atoms with Crippen molar-refractivity contribution >= 4 is 76.5 Å². The number of hydrogen-bond acceptors (Lipinski definition) is 2. The zero-order chi connectivity index (χ0) is 75.7. The molecule has 0 unspecified atom stereocenters. The Morgan fingerprint density at radius 2 is 0.861 bits per heavy atom. The van der Waals surface area contributed by atoms with Crippen molar-refractivity contribution in [2.24, 2.45) is 0 Å². The highest BCUT2D eigenvalue weighted by molar-refractivity contribution is 6.14. The van der Waals surface area contributed by atoms with Gasteiger partial charge >= 0.3 is 0 Å². The fraction of sp³-hybridized carbons (Fsp3) is 0.0426. The Labute approximate surface area is 598 Å². The zero-order valence-corrected chi connectivity index (χ0v) is 55.1. The molecule has 8 heterocycles. The number of hydrogen-bond donors (Lipinski definition) is 0. The van der Waals surface area contributed by atoms with Crippen LogP contribution in [0, 0.1) is 6.33 Å². The van der Waals surface area contributed by atoms with E-state index in [1.165, 1.54) is 0 Å². The van der Waals surface area contributed by atoms with E-state index in [0.29, 0.717) is 28.2 Å². The highest BCUT2D eigenvalue weighted by Crippen LogP contribution is 2.46. The Hall–Kier alpha value is -13.1. The molecule has 7 nitrogen and oxygen atoms in total. The van der Waals surface area contributed by atoms with Crippen LogP contribution in [0.1, 0.15) is 40.0 Å². The van der Waals surface area contributed by atoms with Gasteiger partial charge in [-0.3, -0.25) is 13.7 Å². The lowest BCUT2D eigenvalue weighted by Gasteiger charge is -2.20. The number of fused-ring (bicyclic) bond motifs is 4. The molecule has 0 radical (unpaired) electrons. The van der Waals surface area contributed by atoms with E-state index in [1.54, 1.807) is 22.8 Å². The molecule has 0 aliphatic carbocycles. The van der Waals surface area contributed by atoms with Crippen molar-refractivity contribution in [1.82, 2.24) is 23.3 Å². The van der Waals surface area contributed by atoms with Gasteiger partial charge in [0.15, 0.2) is 0 Å². The topological polar surface area (TPSA) is 45.7 Å².